The lowest BCUT2D eigenvalue weighted by atomic mass is 10.1. The van der Waals surface area contributed by atoms with Gasteiger partial charge in [0.1, 0.15) is 11.3 Å². The maximum atomic E-state index is 12.2. The maximum absolute atomic E-state index is 12.2. The van der Waals surface area contributed by atoms with Crippen molar-refractivity contribution in [3.8, 4) is 17.2 Å². The molecule has 0 fully saturated rings. The van der Waals surface area contributed by atoms with Crippen LogP contribution in [0.5, 0.6) is 5.75 Å². The number of para-hydroxylation sites is 1. The summed E-state index contributed by atoms with van der Waals surface area (Å²) in [6.07, 6.45) is 0. The number of esters is 1. The number of carbonyl (C=O) groups is 1. The fourth-order valence-electron chi connectivity index (χ4n) is 2.33. The van der Waals surface area contributed by atoms with Gasteiger partial charge in [-0.05, 0) is 38.1 Å². The van der Waals surface area contributed by atoms with Crippen molar-refractivity contribution in [1.29, 1.82) is 0 Å². The maximum Gasteiger partial charge on any atom is 0.342 e. The number of hydrogen-bond acceptors (Lipinski definition) is 6. The van der Waals surface area contributed by atoms with Crippen LogP contribution in [0.1, 0.15) is 28.7 Å². The van der Waals surface area contributed by atoms with Crippen molar-refractivity contribution in [3.63, 3.8) is 0 Å². The summed E-state index contributed by atoms with van der Waals surface area (Å²) in [5, 5.41) is 7.91. The summed E-state index contributed by atoms with van der Waals surface area (Å²) in [6, 6.07) is 14.7. The van der Waals surface area contributed by atoms with E-state index in [1.807, 2.05) is 38.1 Å². The number of hydrogen-bond donors (Lipinski definition) is 0. The Morgan fingerprint density at radius 1 is 1.12 bits per heavy atom. The van der Waals surface area contributed by atoms with Gasteiger partial charge in [0, 0.05) is 5.56 Å². The zero-order valence-corrected chi connectivity index (χ0v) is 14.1. The quantitative estimate of drug-likeness (QED) is 0.636. The second-order valence-corrected chi connectivity index (χ2v) is 5.38. The fourth-order valence-corrected chi connectivity index (χ4v) is 2.33. The highest BCUT2D eigenvalue weighted by Gasteiger charge is 2.16. The van der Waals surface area contributed by atoms with Crippen LogP contribution in [0, 0.1) is 6.92 Å². The predicted octanol–water partition coefficient (Wildman–Crippen LogP) is 3.80. The molecular weight excluding hydrogens is 320 g/mol. The van der Waals surface area contributed by atoms with E-state index in [1.165, 1.54) is 0 Å². The van der Waals surface area contributed by atoms with Crippen molar-refractivity contribution in [3.05, 3.63) is 65.5 Å². The minimum absolute atomic E-state index is 0.0991. The molecule has 0 amide bonds. The van der Waals surface area contributed by atoms with E-state index in [2.05, 4.69) is 10.2 Å². The van der Waals surface area contributed by atoms with Gasteiger partial charge in [-0.15, -0.1) is 10.2 Å². The van der Waals surface area contributed by atoms with Gasteiger partial charge in [-0.25, -0.2) is 4.79 Å². The van der Waals surface area contributed by atoms with E-state index in [-0.39, 0.29) is 12.5 Å². The number of rotatable bonds is 6. The normalized spacial score (nSPS) is 10.5. The minimum Gasteiger partial charge on any atom is -0.493 e. The number of benzene rings is 2. The zero-order chi connectivity index (χ0) is 17.6. The Labute approximate surface area is 145 Å². The summed E-state index contributed by atoms with van der Waals surface area (Å²) in [5.74, 6) is 0.614. The van der Waals surface area contributed by atoms with Crippen molar-refractivity contribution in [1.82, 2.24) is 10.2 Å². The van der Waals surface area contributed by atoms with Crippen LogP contribution in [0.25, 0.3) is 11.5 Å². The van der Waals surface area contributed by atoms with E-state index >= 15 is 0 Å². The average molecular weight is 338 g/mol. The first-order valence-electron chi connectivity index (χ1n) is 7.95. The highest BCUT2D eigenvalue weighted by molar-refractivity contribution is 5.92. The SMILES string of the molecule is CCOc1ccccc1C(=O)OCc1nnc(-c2cccc(C)c2)o1. The Bertz CT molecular complexity index is 873. The molecule has 0 atom stereocenters. The van der Waals surface area contributed by atoms with Gasteiger partial charge in [-0.2, -0.15) is 0 Å². The van der Waals surface area contributed by atoms with Crippen LogP contribution in [0.2, 0.25) is 0 Å². The molecule has 0 aliphatic heterocycles. The first-order valence-corrected chi connectivity index (χ1v) is 7.95. The molecule has 2 aromatic carbocycles. The third kappa shape index (κ3) is 4.03. The molecule has 1 aromatic heterocycles. The van der Waals surface area contributed by atoms with E-state index in [0.29, 0.717) is 23.8 Å². The molecule has 0 aliphatic carbocycles. The number of ether oxygens (including phenoxy) is 2. The third-order valence-electron chi connectivity index (χ3n) is 3.47. The first-order chi connectivity index (χ1) is 12.2. The Hall–Kier alpha value is -3.15. The molecule has 0 radical (unpaired) electrons. The summed E-state index contributed by atoms with van der Waals surface area (Å²) < 4.78 is 16.2. The molecule has 0 aliphatic rings. The Balaban J connectivity index is 1.67. The lowest BCUT2D eigenvalue weighted by molar-refractivity contribution is 0.0434. The molecule has 1 heterocycles. The molecule has 0 unspecified atom stereocenters. The van der Waals surface area contributed by atoms with Crippen LogP contribution in [0.3, 0.4) is 0 Å². The molecule has 0 bridgehead atoms. The minimum atomic E-state index is -0.501. The predicted molar refractivity (Wildman–Crippen MR) is 91.2 cm³/mol. The summed E-state index contributed by atoms with van der Waals surface area (Å²) in [7, 11) is 0. The van der Waals surface area contributed by atoms with Gasteiger partial charge in [0.15, 0.2) is 6.61 Å². The highest BCUT2D eigenvalue weighted by Crippen LogP contribution is 2.21. The lowest BCUT2D eigenvalue weighted by Crippen LogP contribution is -2.08. The van der Waals surface area contributed by atoms with Crippen molar-refractivity contribution >= 4 is 5.97 Å². The van der Waals surface area contributed by atoms with Crippen molar-refractivity contribution < 1.29 is 18.7 Å². The van der Waals surface area contributed by atoms with E-state index in [4.69, 9.17) is 13.9 Å². The summed E-state index contributed by atoms with van der Waals surface area (Å²) in [6.45, 7) is 4.21. The molecule has 6 nitrogen and oxygen atoms in total. The van der Waals surface area contributed by atoms with Gasteiger partial charge in [0.05, 0.1) is 6.61 Å². The van der Waals surface area contributed by atoms with Crippen LogP contribution in [-0.2, 0) is 11.3 Å². The Kier molecular flexibility index (Phi) is 5.09. The molecule has 0 saturated carbocycles. The van der Waals surface area contributed by atoms with E-state index in [0.717, 1.165) is 11.1 Å². The van der Waals surface area contributed by atoms with Crippen LogP contribution in [0.4, 0.5) is 0 Å². The monoisotopic (exact) mass is 338 g/mol. The smallest absolute Gasteiger partial charge is 0.342 e. The van der Waals surface area contributed by atoms with Gasteiger partial charge in [-0.1, -0.05) is 29.8 Å². The second kappa shape index (κ2) is 7.61. The van der Waals surface area contributed by atoms with Crippen LogP contribution < -0.4 is 4.74 Å². The summed E-state index contributed by atoms with van der Waals surface area (Å²) in [5.41, 5.74) is 2.28. The van der Waals surface area contributed by atoms with Crippen LogP contribution in [0.15, 0.2) is 52.9 Å². The Morgan fingerprint density at radius 3 is 2.76 bits per heavy atom. The number of aryl methyl sites for hydroxylation is 1. The topological polar surface area (TPSA) is 74.5 Å². The summed E-state index contributed by atoms with van der Waals surface area (Å²) >= 11 is 0. The average Bonchev–Trinajstić information content (AvgIpc) is 3.09. The fraction of sp³-hybridized carbons (Fsp3) is 0.211. The second-order valence-electron chi connectivity index (χ2n) is 5.38. The first kappa shape index (κ1) is 16.7. The van der Waals surface area contributed by atoms with E-state index in [9.17, 15) is 4.79 Å². The molecule has 0 saturated heterocycles. The van der Waals surface area contributed by atoms with Gasteiger partial charge in [0.2, 0.25) is 5.89 Å². The molecular formula is C19H18N2O4. The van der Waals surface area contributed by atoms with Crippen LogP contribution in [-0.4, -0.2) is 22.8 Å². The standard InChI is InChI=1S/C19H18N2O4/c1-3-23-16-10-5-4-9-15(16)19(22)24-12-17-20-21-18(25-17)14-8-6-7-13(2)11-14/h4-11H,3,12H2,1-2H3. The van der Waals surface area contributed by atoms with Crippen molar-refractivity contribution in [2.24, 2.45) is 0 Å². The number of carbonyl (C=O) groups excluding carboxylic acids is 1. The van der Waals surface area contributed by atoms with Gasteiger partial charge in [0.25, 0.3) is 5.89 Å². The third-order valence-corrected chi connectivity index (χ3v) is 3.47. The highest BCUT2D eigenvalue weighted by atomic mass is 16.5. The molecule has 0 N–H and O–H groups in total. The van der Waals surface area contributed by atoms with Gasteiger partial charge < -0.3 is 13.9 Å². The molecule has 25 heavy (non-hydrogen) atoms. The molecule has 0 spiro atoms. The number of nitrogens with zero attached hydrogens (tertiary/aromatic N) is 2. The molecule has 6 heteroatoms. The van der Waals surface area contributed by atoms with Gasteiger partial charge in [-0.3, -0.25) is 0 Å². The van der Waals surface area contributed by atoms with Gasteiger partial charge >= 0.3 is 5.97 Å². The lowest BCUT2D eigenvalue weighted by Gasteiger charge is -2.08. The largest absolute Gasteiger partial charge is 0.493 e. The molecule has 128 valence electrons. The van der Waals surface area contributed by atoms with Crippen molar-refractivity contribution in [2.45, 2.75) is 20.5 Å². The Morgan fingerprint density at radius 2 is 1.96 bits per heavy atom. The van der Waals surface area contributed by atoms with Crippen molar-refractivity contribution in [2.75, 3.05) is 6.61 Å². The van der Waals surface area contributed by atoms with E-state index < -0.39 is 5.97 Å². The molecule has 3 rings (SSSR count). The number of aromatic nitrogens is 2. The zero-order valence-electron chi connectivity index (χ0n) is 14.1. The van der Waals surface area contributed by atoms with E-state index in [1.54, 1.807) is 24.3 Å². The van der Waals surface area contributed by atoms with Crippen LogP contribution >= 0.6 is 0 Å². The summed E-state index contributed by atoms with van der Waals surface area (Å²) in [4.78, 5) is 12.2. The molecule has 3 aromatic rings.